The normalized spacial score (nSPS) is 10.9. The number of hydrogen-bond donors (Lipinski definition) is 0. The SMILES string of the molecule is CCc1ccccc1-n1nnc(C#N)c1/C=C/c1ccc(C)cc1. The van der Waals surface area contributed by atoms with E-state index in [9.17, 15) is 5.26 Å². The van der Waals surface area contributed by atoms with Crippen molar-refractivity contribution < 1.29 is 0 Å². The van der Waals surface area contributed by atoms with Crippen LogP contribution in [-0.4, -0.2) is 15.0 Å². The van der Waals surface area contributed by atoms with Gasteiger partial charge in [0.25, 0.3) is 0 Å². The van der Waals surface area contributed by atoms with Gasteiger partial charge in [0.05, 0.1) is 5.69 Å². The molecule has 0 N–H and O–H groups in total. The molecule has 0 aliphatic rings. The van der Waals surface area contributed by atoms with Crippen LogP contribution in [0, 0.1) is 18.3 Å². The van der Waals surface area contributed by atoms with Crippen molar-refractivity contribution in [1.82, 2.24) is 15.0 Å². The summed E-state index contributed by atoms with van der Waals surface area (Å²) < 4.78 is 1.74. The van der Waals surface area contributed by atoms with Crippen molar-refractivity contribution in [2.24, 2.45) is 0 Å². The minimum atomic E-state index is 0.323. The van der Waals surface area contributed by atoms with Gasteiger partial charge in [0, 0.05) is 0 Å². The summed E-state index contributed by atoms with van der Waals surface area (Å²) in [6.45, 7) is 4.16. The highest BCUT2D eigenvalue weighted by molar-refractivity contribution is 5.71. The third kappa shape index (κ3) is 3.11. The van der Waals surface area contributed by atoms with Crippen molar-refractivity contribution in [3.05, 3.63) is 76.6 Å². The largest absolute Gasteiger partial charge is 0.212 e. The van der Waals surface area contributed by atoms with E-state index in [1.165, 1.54) is 5.56 Å². The van der Waals surface area contributed by atoms with E-state index in [-0.39, 0.29) is 0 Å². The van der Waals surface area contributed by atoms with Crippen LogP contribution in [0.15, 0.2) is 48.5 Å². The van der Waals surface area contributed by atoms with E-state index in [4.69, 9.17) is 0 Å². The highest BCUT2D eigenvalue weighted by Crippen LogP contribution is 2.19. The second kappa shape index (κ2) is 6.93. The number of benzene rings is 2. The molecule has 0 fully saturated rings. The van der Waals surface area contributed by atoms with Gasteiger partial charge in [-0.05, 0) is 36.6 Å². The topological polar surface area (TPSA) is 54.5 Å². The highest BCUT2D eigenvalue weighted by atomic mass is 15.4. The Labute approximate surface area is 141 Å². The van der Waals surface area contributed by atoms with E-state index in [1.54, 1.807) is 4.68 Å². The van der Waals surface area contributed by atoms with Gasteiger partial charge in [0.15, 0.2) is 5.69 Å². The summed E-state index contributed by atoms with van der Waals surface area (Å²) in [4.78, 5) is 0. The number of para-hydroxylation sites is 1. The lowest BCUT2D eigenvalue weighted by molar-refractivity contribution is 0.788. The van der Waals surface area contributed by atoms with Crippen LogP contribution < -0.4 is 0 Å². The molecule has 0 spiro atoms. The molecule has 3 aromatic rings. The molecule has 0 aliphatic heterocycles. The van der Waals surface area contributed by atoms with Crippen LogP contribution in [-0.2, 0) is 6.42 Å². The fraction of sp³-hybridized carbons (Fsp3) is 0.150. The molecule has 0 aliphatic carbocycles. The number of rotatable bonds is 4. The first-order valence-corrected chi connectivity index (χ1v) is 7.91. The van der Waals surface area contributed by atoms with Gasteiger partial charge >= 0.3 is 0 Å². The molecule has 0 radical (unpaired) electrons. The van der Waals surface area contributed by atoms with E-state index in [1.807, 2.05) is 42.5 Å². The summed E-state index contributed by atoms with van der Waals surface area (Å²) in [5.74, 6) is 0. The Hall–Kier alpha value is -3.19. The van der Waals surface area contributed by atoms with Gasteiger partial charge in [-0.3, -0.25) is 0 Å². The molecule has 1 heterocycles. The molecule has 0 atom stereocenters. The molecule has 2 aromatic carbocycles. The van der Waals surface area contributed by atoms with Crippen LogP contribution in [0.5, 0.6) is 0 Å². The maximum Gasteiger partial charge on any atom is 0.190 e. The first-order valence-electron chi connectivity index (χ1n) is 7.91. The smallest absolute Gasteiger partial charge is 0.190 e. The van der Waals surface area contributed by atoms with Crippen molar-refractivity contribution in [3.63, 3.8) is 0 Å². The average molecular weight is 314 g/mol. The summed E-state index contributed by atoms with van der Waals surface area (Å²) in [5, 5.41) is 17.5. The molecular formula is C20H18N4. The van der Waals surface area contributed by atoms with Crippen LogP contribution in [0.1, 0.15) is 35.0 Å². The minimum Gasteiger partial charge on any atom is -0.212 e. The predicted molar refractivity (Wildman–Crippen MR) is 95.6 cm³/mol. The van der Waals surface area contributed by atoms with Gasteiger partial charge in [-0.25, -0.2) is 4.68 Å². The second-order valence-corrected chi connectivity index (χ2v) is 5.57. The molecule has 0 saturated carbocycles. The summed E-state index contributed by atoms with van der Waals surface area (Å²) >= 11 is 0. The summed E-state index contributed by atoms with van der Waals surface area (Å²) in [6, 6.07) is 18.4. The predicted octanol–water partition coefficient (Wildman–Crippen LogP) is 4.18. The van der Waals surface area contributed by atoms with Gasteiger partial charge in [-0.1, -0.05) is 66.2 Å². The fourth-order valence-corrected chi connectivity index (χ4v) is 2.57. The van der Waals surface area contributed by atoms with E-state index in [2.05, 4.69) is 48.4 Å². The zero-order chi connectivity index (χ0) is 16.9. The van der Waals surface area contributed by atoms with Crippen molar-refractivity contribution in [2.45, 2.75) is 20.3 Å². The van der Waals surface area contributed by atoms with Crippen molar-refractivity contribution in [2.75, 3.05) is 0 Å². The molecule has 0 bridgehead atoms. The fourth-order valence-electron chi connectivity index (χ4n) is 2.57. The van der Waals surface area contributed by atoms with Crippen LogP contribution in [0.25, 0.3) is 17.8 Å². The number of nitriles is 1. The lowest BCUT2D eigenvalue weighted by Gasteiger charge is -2.08. The Morgan fingerprint density at radius 3 is 2.54 bits per heavy atom. The van der Waals surface area contributed by atoms with Gasteiger partial charge in [-0.2, -0.15) is 5.26 Å². The minimum absolute atomic E-state index is 0.323. The maximum absolute atomic E-state index is 9.34. The number of aryl methyl sites for hydroxylation is 2. The van der Waals surface area contributed by atoms with Gasteiger partial charge in [-0.15, -0.1) is 5.10 Å². The molecule has 3 rings (SSSR count). The Balaban J connectivity index is 2.06. The monoisotopic (exact) mass is 314 g/mol. The quantitative estimate of drug-likeness (QED) is 0.726. The van der Waals surface area contributed by atoms with Gasteiger partial charge < -0.3 is 0 Å². The number of aromatic nitrogens is 3. The summed E-state index contributed by atoms with van der Waals surface area (Å²) in [7, 11) is 0. The number of nitrogens with zero attached hydrogens (tertiary/aromatic N) is 4. The molecule has 1 aromatic heterocycles. The van der Waals surface area contributed by atoms with E-state index in [0.29, 0.717) is 11.4 Å². The van der Waals surface area contributed by atoms with Gasteiger partial charge in [0.2, 0.25) is 0 Å². The molecule has 118 valence electrons. The highest BCUT2D eigenvalue weighted by Gasteiger charge is 2.13. The lowest BCUT2D eigenvalue weighted by atomic mass is 10.1. The van der Waals surface area contributed by atoms with Crippen molar-refractivity contribution >= 4 is 12.2 Å². The zero-order valence-electron chi connectivity index (χ0n) is 13.8. The third-order valence-corrected chi connectivity index (χ3v) is 3.92. The molecule has 24 heavy (non-hydrogen) atoms. The molecule has 0 amide bonds. The van der Waals surface area contributed by atoms with E-state index >= 15 is 0 Å². The van der Waals surface area contributed by atoms with Crippen LogP contribution in [0.3, 0.4) is 0 Å². The molecule has 4 nitrogen and oxygen atoms in total. The Kier molecular flexibility index (Phi) is 4.53. The first-order chi connectivity index (χ1) is 11.7. The molecule has 0 unspecified atom stereocenters. The first kappa shape index (κ1) is 15.7. The van der Waals surface area contributed by atoms with Crippen molar-refractivity contribution in [3.8, 4) is 11.8 Å². The summed E-state index contributed by atoms with van der Waals surface area (Å²) in [6.07, 6.45) is 4.76. The Morgan fingerprint density at radius 1 is 1.08 bits per heavy atom. The standard InChI is InChI=1S/C20H18N4/c1-3-17-6-4-5-7-19(17)24-20(18(14-21)22-23-24)13-12-16-10-8-15(2)9-11-16/h4-13H,3H2,1-2H3/b13-12+. The maximum atomic E-state index is 9.34. The second-order valence-electron chi connectivity index (χ2n) is 5.57. The van der Waals surface area contributed by atoms with Crippen LogP contribution in [0.4, 0.5) is 0 Å². The Morgan fingerprint density at radius 2 is 1.83 bits per heavy atom. The van der Waals surface area contributed by atoms with E-state index < -0.39 is 0 Å². The van der Waals surface area contributed by atoms with E-state index in [0.717, 1.165) is 23.2 Å². The summed E-state index contributed by atoms with van der Waals surface area (Å²) in [5.41, 5.74) is 5.42. The molecule has 0 saturated heterocycles. The Bertz CT molecular complexity index is 912. The molecular weight excluding hydrogens is 296 g/mol. The molecule has 4 heteroatoms. The average Bonchev–Trinajstić information content (AvgIpc) is 3.04. The van der Waals surface area contributed by atoms with Crippen molar-refractivity contribution in [1.29, 1.82) is 5.26 Å². The van der Waals surface area contributed by atoms with Crippen LogP contribution >= 0.6 is 0 Å². The lowest BCUT2D eigenvalue weighted by Crippen LogP contribution is -2.03. The third-order valence-electron chi connectivity index (χ3n) is 3.92. The van der Waals surface area contributed by atoms with Crippen LogP contribution in [0.2, 0.25) is 0 Å². The van der Waals surface area contributed by atoms with Gasteiger partial charge in [0.1, 0.15) is 11.8 Å². The number of hydrogen-bond acceptors (Lipinski definition) is 3. The zero-order valence-corrected chi connectivity index (χ0v) is 13.8.